The number of esters is 1. The van der Waals surface area contributed by atoms with Crippen molar-refractivity contribution < 1.29 is 32.3 Å². The molecule has 2 rings (SSSR count). The van der Waals surface area contributed by atoms with Crippen LogP contribution in [0.25, 0.3) is 6.08 Å². The second-order valence-electron chi connectivity index (χ2n) is 5.44. The van der Waals surface area contributed by atoms with Gasteiger partial charge in [0.25, 0.3) is 0 Å². The third-order valence-electron chi connectivity index (χ3n) is 3.49. The van der Waals surface area contributed by atoms with Gasteiger partial charge < -0.3 is 15.4 Å². The lowest BCUT2D eigenvalue weighted by Crippen LogP contribution is -2.32. The predicted molar refractivity (Wildman–Crippen MR) is 94.8 cm³/mol. The van der Waals surface area contributed by atoms with E-state index in [2.05, 4.69) is 10.1 Å². The summed E-state index contributed by atoms with van der Waals surface area (Å²) in [7, 11) is 1.26. The normalized spacial score (nSPS) is 10.6. The summed E-state index contributed by atoms with van der Waals surface area (Å²) < 4.78 is 44.0. The molecule has 0 fully saturated rings. The summed E-state index contributed by atoms with van der Waals surface area (Å²) in [6.07, 6.45) is 2.60. The molecule has 28 heavy (non-hydrogen) atoms. The van der Waals surface area contributed by atoms with E-state index in [-0.39, 0.29) is 0 Å². The number of carbonyl (C=O) groups is 3. The quantitative estimate of drug-likeness (QED) is 0.450. The van der Waals surface area contributed by atoms with Gasteiger partial charge in [-0.25, -0.2) is 18.0 Å². The smallest absolute Gasteiger partial charge is 0.337 e. The molecule has 2 aromatic carbocycles. The third kappa shape index (κ3) is 5.44. The fourth-order valence-electron chi connectivity index (χ4n) is 2.06. The van der Waals surface area contributed by atoms with Crippen LogP contribution in [0.5, 0.6) is 0 Å². The summed E-state index contributed by atoms with van der Waals surface area (Å²) in [5.74, 6) is -6.55. The molecule has 9 heteroatoms. The molecule has 0 aromatic heterocycles. The standard InChI is InChI=1S/C19H15F3N2O4/c1-28-19(27)12-5-2-11(3-6-12)4-9-15(25)23-10-16(26)24-14-8-7-13(20)17(21)18(14)22/h2-9H,10H2,1H3,(H,23,25)(H,24,26)/b9-4+. The average Bonchev–Trinajstić information content (AvgIpc) is 2.71. The number of carbonyl (C=O) groups excluding carboxylic acids is 3. The van der Waals surface area contributed by atoms with Crippen molar-refractivity contribution in [3.63, 3.8) is 0 Å². The van der Waals surface area contributed by atoms with Crippen LogP contribution < -0.4 is 10.6 Å². The minimum Gasteiger partial charge on any atom is -0.465 e. The highest BCUT2D eigenvalue weighted by Crippen LogP contribution is 2.19. The van der Waals surface area contributed by atoms with Gasteiger partial charge in [0.1, 0.15) is 0 Å². The van der Waals surface area contributed by atoms with E-state index >= 15 is 0 Å². The van der Waals surface area contributed by atoms with Crippen LogP contribution in [0.3, 0.4) is 0 Å². The number of ether oxygens (including phenoxy) is 1. The van der Waals surface area contributed by atoms with Crippen LogP contribution in [-0.4, -0.2) is 31.4 Å². The lowest BCUT2D eigenvalue weighted by molar-refractivity contribution is -0.121. The van der Waals surface area contributed by atoms with E-state index < -0.39 is 47.5 Å². The number of nitrogens with one attached hydrogen (secondary N) is 2. The molecule has 0 spiro atoms. The number of hydrogen-bond acceptors (Lipinski definition) is 4. The van der Waals surface area contributed by atoms with Gasteiger partial charge in [-0.05, 0) is 35.9 Å². The summed E-state index contributed by atoms with van der Waals surface area (Å²) in [6.45, 7) is -0.511. The predicted octanol–water partition coefficient (Wildman–Crippen LogP) is 2.66. The Balaban J connectivity index is 1.86. The molecule has 146 valence electrons. The van der Waals surface area contributed by atoms with Crippen molar-refractivity contribution in [3.8, 4) is 0 Å². The van der Waals surface area contributed by atoms with E-state index in [1.165, 1.54) is 25.3 Å². The molecule has 0 saturated heterocycles. The topological polar surface area (TPSA) is 84.5 Å². The molecule has 0 atom stereocenters. The van der Waals surface area contributed by atoms with E-state index in [4.69, 9.17) is 0 Å². The minimum absolute atomic E-state index is 0.352. The second kappa shape index (κ2) is 9.36. The maximum absolute atomic E-state index is 13.5. The number of halogens is 3. The Kier molecular flexibility index (Phi) is 6.91. The van der Waals surface area contributed by atoms with E-state index in [0.29, 0.717) is 17.2 Å². The first-order valence-electron chi connectivity index (χ1n) is 7.89. The molecule has 0 aliphatic heterocycles. The number of methoxy groups -OCH3 is 1. The summed E-state index contributed by atoms with van der Waals surface area (Å²) >= 11 is 0. The van der Waals surface area contributed by atoms with Crippen LogP contribution in [0.4, 0.5) is 18.9 Å². The molecule has 2 amide bonds. The van der Waals surface area contributed by atoms with Crippen molar-refractivity contribution >= 4 is 29.5 Å². The third-order valence-corrected chi connectivity index (χ3v) is 3.49. The Morgan fingerprint density at radius 1 is 1.00 bits per heavy atom. The molecular weight excluding hydrogens is 377 g/mol. The molecule has 2 N–H and O–H groups in total. The zero-order valence-electron chi connectivity index (χ0n) is 14.6. The summed E-state index contributed by atoms with van der Waals surface area (Å²) in [4.78, 5) is 34.7. The van der Waals surface area contributed by atoms with Gasteiger partial charge in [0.2, 0.25) is 11.8 Å². The van der Waals surface area contributed by atoms with Crippen LogP contribution in [0, 0.1) is 17.5 Å². The first-order chi connectivity index (χ1) is 13.3. The van der Waals surface area contributed by atoms with Gasteiger partial charge in [0.05, 0.1) is 24.9 Å². The molecule has 6 nitrogen and oxygen atoms in total. The van der Waals surface area contributed by atoms with E-state index in [9.17, 15) is 27.6 Å². The minimum atomic E-state index is -1.71. The van der Waals surface area contributed by atoms with Gasteiger partial charge >= 0.3 is 5.97 Å². The van der Waals surface area contributed by atoms with Crippen molar-refractivity contribution in [1.82, 2.24) is 5.32 Å². The van der Waals surface area contributed by atoms with Crippen LogP contribution in [0.2, 0.25) is 0 Å². The van der Waals surface area contributed by atoms with Gasteiger partial charge in [0.15, 0.2) is 17.5 Å². The van der Waals surface area contributed by atoms with E-state index in [1.54, 1.807) is 12.1 Å². The maximum Gasteiger partial charge on any atom is 0.337 e. The second-order valence-corrected chi connectivity index (χ2v) is 5.44. The largest absolute Gasteiger partial charge is 0.465 e. The highest BCUT2D eigenvalue weighted by Gasteiger charge is 2.15. The fraction of sp³-hybridized carbons (Fsp3) is 0.105. The molecule has 0 unspecified atom stereocenters. The molecule has 0 aliphatic rings. The van der Waals surface area contributed by atoms with Gasteiger partial charge in [0, 0.05) is 6.08 Å². The average molecular weight is 392 g/mol. The number of benzene rings is 2. The van der Waals surface area contributed by atoms with Gasteiger partial charge in [-0.1, -0.05) is 12.1 Å². The van der Waals surface area contributed by atoms with Crippen molar-refractivity contribution in [1.29, 1.82) is 0 Å². The Labute approximate surface area is 158 Å². The van der Waals surface area contributed by atoms with Gasteiger partial charge in [-0.2, -0.15) is 0 Å². The van der Waals surface area contributed by atoms with Crippen molar-refractivity contribution in [2.75, 3.05) is 19.0 Å². The van der Waals surface area contributed by atoms with E-state index in [0.717, 1.165) is 12.1 Å². The molecule has 0 heterocycles. The lowest BCUT2D eigenvalue weighted by Gasteiger charge is -2.07. The Morgan fingerprint density at radius 3 is 2.32 bits per heavy atom. The van der Waals surface area contributed by atoms with Crippen molar-refractivity contribution in [2.45, 2.75) is 0 Å². The molecule has 0 aliphatic carbocycles. The molecule has 0 radical (unpaired) electrons. The highest BCUT2D eigenvalue weighted by atomic mass is 19.2. The monoisotopic (exact) mass is 392 g/mol. The number of rotatable bonds is 6. The first kappa shape index (κ1) is 20.7. The Bertz CT molecular complexity index is 928. The fourth-order valence-corrected chi connectivity index (χ4v) is 2.06. The van der Waals surface area contributed by atoms with Crippen molar-refractivity contribution in [3.05, 3.63) is 71.1 Å². The number of hydrogen-bond donors (Lipinski definition) is 2. The molecule has 0 saturated carbocycles. The van der Waals surface area contributed by atoms with Crippen LogP contribution in [-0.2, 0) is 14.3 Å². The number of amides is 2. The van der Waals surface area contributed by atoms with Gasteiger partial charge in [-0.15, -0.1) is 0 Å². The Hall–Kier alpha value is -3.62. The summed E-state index contributed by atoms with van der Waals surface area (Å²) in [5.41, 5.74) is 0.431. The Morgan fingerprint density at radius 2 is 1.68 bits per heavy atom. The van der Waals surface area contributed by atoms with Gasteiger partial charge in [-0.3, -0.25) is 9.59 Å². The van der Waals surface area contributed by atoms with Crippen LogP contribution in [0.15, 0.2) is 42.5 Å². The highest BCUT2D eigenvalue weighted by molar-refractivity contribution is 5.98. The first-order valence-corrected chi connectivity index (χ1v) is 7.89. The number of anilines is 1. The van der Waals surface area contributed by atoms with E-state index in [1.807, 2.05) is 5.32 Å². The lowest BCUT2D eigenvalue weighted by atomic mass is 10.1. The maximum atomic E-state index is 13.5. The molecular formula is C19H15F3N2O4. The summed E-state index contributed by atoms with van der Waals surface area (Å²) in [5, 5.41) is 4.28. The zero-order chi connectivity index (χ0) is 20.7. The SMILES string of the molecule is COC(=O)c1ccc(/C=C/C(=O)NCC(=O)Nc2ccc(F)c(F)c2F)cc1. The zero-order valence-corrected chi connectivity index (χ0v) is 14.6. The molecule has 0 bridgehead atoms. The van der Waals surface area contributed by atoms with Crippen LogP contribution >= 0.6 is 0 Å². The summed E-state index contributed by atoms with van der Waals surface area (Å²) in [6, 6.07) is 7.76. The molecule has 2 aromatic rings. The van der Waals surface area contributed by atoms with Crippen molar-refractivity contribution in [2.24, 2.45) is 0 Å². The van der Waals surface area contributed by atoms with Crippen LogP contribution in [0.1, 0.15) is 15.9 Å².